The normalized spacial score (nSPS) is 22.0. The number of likely N-dealkylation sites (tertiary alicyclic amines) is 2. The van der Waals surface area contributed by atoms with Crippen LogP contribution in [-0.2, 0) is 24.3 Å². The Bertz CT molecular complexity index is 1490. The molecule has 2 saturated heterocycles. The van der Waals surface area contributed by atoms with E-state index in [9.17, 15) is 4.79 Å². The zero-order valence-electron chi connectivity index (χ0n) is 23.7. The van der Waals surface area contributed by atoms with E-state index in [-0.39, 0.29) is 5.91 Å². The molecule has 0 radical (unpaired) electrons. The maximum absolute atomic E-state index is 12.0. The molecule has 1 aliphatic carbocycles. The Morgan fingerprint density at radius 3 is 2.70 bits per heavy atom. The van der Waals surface area contributed by atoms with Crippen molar-refractivity contribution >= 4 is 28.4 Å². The van der Waals surface area contributed by atoms with Gasteiger partial charge in [-0.3, -0.25) is 14.6 Å². The lowest BCUT2D eigenvalue weighted by Gasteiger charge is -2.43. The summed E-state index contributed by atoms with van der Waals surface area (Å²) < 4.78 is 8.40. The van der Waals surface area contributed by atoms with Gasteiger partial charge in [-0.05, 0) is 85.1 Å². The lowest BCUT2D eigenvalue weighted by Crippen LogP contribution is -2.60. The Labute approximate surface area is 242 Å². The van der Waals surface area contributed by atoms with Crippen LogP contribution < -0.4 is 4.74 Å². The van der Waals surface area contributed by atoms with Gasteiger partial charge in [0.05, 0.1) is 12.6 Å². The molecule has 1 unspecified atom stereocenters. The summed E-state index contributed by atoms with van der Waals surface area (Å²) in [6, 6.07) is 11.7. The van der Waals surface area contributed by atoms with Crippen LogP contribution in [0.3, 0.4) is 0 Å². The standard InChI is InChI=1S/C33H39ClN4O2/c1-4-31(39)37-18-26(19-37)36-13-10-25(17-36)38-32-21(2)14-24(34)15-28(32)29(33(38)22-8-9-22)20-35-12-11-27-23(16-35)6-5-7-30(27)40-3/h4-7,14-15,22,25-26H,1,8-13,16-20H2,2-3H3. The molecule has 1 atom stereocenters. The third kappa shape index (κ3) is 4.45. The number of rotatable bonds is 7. The summed E-state index contributed by atoms with van der Waals surface area (Å²) in [5.41, 5.74) is 8.44. The number of benzene rings is 2. The van der Waals surface area contributed by atoms with Gasteiger partial charge in [0.15, 0.2) is 0 Å². The Balaban J connectivity index is 1.21. The lowest BCUT2D eigenvalue weighted by molar-refractivity contribution is -0.132. The van der Waals surface area contributed by atoms with Crippen molar-refractivity contribution in [3.63, 3.8) is 0 Å². The smallest absolute Gasteiger partial charge is 0.246 e. The highest BCUT2D eigenvalue weighted by Gasteiger charge is 2.41. The third-order valence-electron chi connectivity index (χ3n) is 9.69. The van der Waals surface area contributed by atoms with E-state index >= 15 is 0 Å². The van der Waals surface area contributed by atoms with Crippen LogP contribution in [0.15, 0.2) is 43.0 Å². The predicted molar refractivity (Wildman–Crippen MR) is 160 cm³/mol. The second-order valence-corrected chi connectivity index (χ2v) is 12.7. The molecular formula is C33H39ClN4O2. The van der Waals surface area contributed by atoms with E-state index in [0.29, 0.717) is 18.0 Å². The highest BCUT2D eigenvalue weighted by atomic mass is 35.5. The van der Waals surface area contributed by atoms with E-state index in [2.05, 4.69) is 58.2 Å². The molecule has 40 heavy (non-hydrogen) atoms. The number of carbonyl (C=O) groups excluding carboxylic acids is 1. The molecule has 1 aromatic heterocycles. The molecule has 3 aliphatic heterocycles. The molecule has 0 bridgehead atoms. The molecule has 0 N–H and O–H groups in total. The first-order chi connectivity index (χ1) is 19.4. The van der Waals surface area contributed by atoms with Crippen molar-refractivity contribution in [3.05, 3.63) is 76.0 Å². The molecule has 6 nitrogen and oxygen atoms in total. The van der Waals surface area contributed by atoms with E-state index < -0.39 is 0 Å². The quantitative estimate of drug-likeness (QED) is 0.349. The number of methoxy groups -OCH3 is 1. The van der Waals surface area contributed by atoms with E-state index in [1.807, 2.05) is 4.90 Å². The first kappa shape index (κ1) is 26.1. The summed E-state index contributed by atoms with van der Waals surface area (Å²) in [4.78, 5) is 19.1. The topological polar surface area (TPSA) is 41.0 Å². The SMILES string of the molecule is C=CC(=O)N1CC(N2CCC(n3c(C4CC4)c(CN4CCc5c(cccc5OC)C4)c4cc(Cl)cc(C)c43)C2)C1. The fourth-order valence-corrected chi connectivity index (χ4v) is 7.80. The summed E-state index contributed by atoms with van der Waals surface area (Å²) in [5, 5.41) is 2.17. The number of carbonyl (C=O) groups is 1. The summed E-state index contributed by atoms with van der Waals surface area (Å²) in [5.74, 6) is 1.70. The molecule has 0 spiro atoms. The van der Waals surface area contributed by atoms with Crippen LogP contribution in [0.4, 0.5) is 0 Å². The third-order valence-corrected chi connectivity index (χ3v) is 9.91. The number of halogens is 1. The second kappa shape index (κ2) is 10.2. The van der Waals surface area contributed by atoms with Gasteiger partial charge in [-0.1, -0.05) is 30.3 Å². The molecule has 4 aliphatic rings. The average molecular weight is 559 g/mol. The van der Waals surface area contributed by atoms with E-state index in [4.69, 9.17) is 16.3 Å². The van der Waals surface area contributed by atoms with Gasteiger partial charge in [0, 0.05) is 74.0 Å². The van der Waals surface area contributed by atoms with Gasteiger partial charge in [0.2, 0.25) is 5.91 Å². The molecule has 210 valence electrons. The number of fused-ring (bicyclic) bond motifs is 2. The number of aromatic nitrogens is 1. The molecule has 3 aromatic rings. The molecule has 4 heterocycles. The van der Waals surface area contributed by atoms with Gasteiger partial charge in [-0.2, -0.15) is 0 Å². The minimum absolute atomic E-state index is 0.0512. The van der Waals surface area contributed by atoms with Crippen molar-refractivity contribution in [1.29, 1.82) is 0 Å². The van der Waals surface area contributed by atoms with Crippen LogP contribution in [0.1, 0.15) is 59.2 Å². The number of ether oxygens (including phenoxy) is 1. The van der Waals surface area contributed by atoms with Gasteiger partial charge in [0.1, 0.15) is 5.75 Å². The van der Waals surface area contributed by atoms with E-state index in [1.165, 1.54) is 52.1 Å². The van der Waals surface area contributed by atoms with Crippen LogP contribution >= 0.6 is 11.6 Å². The largest absolute Gasteiger partial charge is 0.496 e. The van der Waals surface area contributed by atoms with Gasteiger partial charge < -0.3 is 14.2 Å². The first-order valence-corrected chi connectivity index (χ1v) is 15.2. The van der Waals surface area contributed by atoms with Crippen molar-refractivity contribution in [2.45, 2.75) is 63.7 Å². The van der Waals surface area contributed by atoms with Crippen LogP contribution in [0.2, 0.25) is 5.02 Å². The summed E-state index contributed by atoms with van der Waals surface area (Å²) in [7, 11) is 1.77. The molecule has 2 aromatic carbocycles. The highest BCUT2D eigenvalue weighted by molar-refractivity contribution is 6.31. The number of nitrogens with zero attached hydrogens (tertiary/aromatic N) is 4. The maximum Gasteiger partial charge on any atom is 0.246 e. The highest BCUT2D eigenvalue weighted by Crippen LogP contribution is 2.49. The van der Waals surface area contributed by atoms with Gasteiger partial charge >= 0.3 is 0 Å². The predicted octanol–water partition coefficient (Wildman–Crippen LogP) is 5.69. The van der Waals surface area contributed by atoms with Crippen molar-refractivity contribution in [2.75, 3.05) is 39.8 Å². The first-order valence-electron chi connectivity index (χ1n) is 14.8. The molecular weight excluding hydrogens is 520 g/mol. The zero-order chi connectivity index (χ0) is 27.5. The minimum atomic E-state index is 0.0512. The Hall–Kier alpha value is -2.80. The fraction of sp³-hybridized carbons (Fsp3) is 0.485. The van der Waals surface area contributed by atoms with Crippen molar-refractivity contribution < 1.29 is 9.53 Å². The fourth-order valence-electron chi connectivity index (χ4n) is 7.52. The molecule has 3 fully saturated rings. The number of hydrogen-bond acceptors (Lipinski definition) is 4. The number of aryl methyl sites for hydroxylation is 1. The molecule has 7 rings (SSSR count). The van der Waals surface area contributed by atoms with Crippen LogP contribution in [0.25, 0.3) is 10.9 Å². The molecule has 1 saturated carbocycles. The van der Waals surface area contributed by atoms with Gasteiger partial charge in [0.25, 0.3) is 0 Å². The summed E-state index contributed by atoms with van der Waals surface area (Å²) >= 11 is 6.71. The zero-order valence-corrected chi connectivity index (χ0v) is 24.4. The molecule has 7 heteroatoms. The summed E-state index contributed by atoms with van der Waals surface area (Å²) in [6.07, 6.45) is 6.14. The van der Waals surface area contributed by atoms with Gasteiger partial charge in [-0.25, -0.2) is 0 Å². The Morgan fingerprint density at radius 1 is 1.12 bits per heavy atom. The van der Waals surface area contributed by atoms with E-state index in [0.717, 1.165) is 69.4 Å². The average Bonchev–Trinajstić information content (AvgIpc) is 3.57. The Kier molecular flexibility index (Phi) is 6.68. The van der Waals surface area contributed by atoms with Crippen molar-refractivity contribution in [2.24, 2.45) is 0 Å². The summed E-state index contributed by atoms with van der Waals surface area (Å²) in [6.45, 7) is 12.6. The van der Waals surface area contributed by atoms with E-state index in [1.54, 1.807) is 12.8 Å². The van der Waals surface area contributed by atoms with Crippen molar-refractivity contribution in [3.8, 4) is 5.75 Å². The Morgan fingerprint density at radius 2 is 1.95 bits per heavy atom. The monoisotopic (exact) mass is 558 g/mol. The second-order valence-electron chi connectivity index (χ2n) is 12.2. The minimum Gasteiger partial charge on any atom is -0.496 e. The number of amides is 1. The van der Waals surface area contributed by atoms with Crippen LogP contribution in [0.5, 0.6) is 5.75 Å². The number of hydrogen-bond donors (Lipinski definition) is 0. The van der Waals surface area contributed by atoms with Crippen LogP contribution in [-0.4, -0.2) is 71.0 Å². The maximum atomic E-state index is 12.0. The van der Waals surface area contributed by atoms with Crippen LogP contribution in [0, 0.1) is 6.92 Å². The lowest BCUT2D eigenvalue weighted by atomic mass is 9.97. The van der Waals surface area contributed by atoms with Gasteiger partial charge in [-0.15, -0.1) is 0 Å². The molecule has 1 amide bonds. The van der Waals surface area contributed by atoms with Crippen molar-refractivity contribution in [1.82, 2.24) is 19.3 Å².